The number of anilines is 1. The van der Waals surface area contributed by atoms with E-state index in [1.807, 2.05) is 24.3 Å². The first-order chi connectivity index (χ1) is 9.05. The quantitative estimate of drug-likeness (QED) is 0.739. The monoisotopic (exact) mass is 261 g/mol. The van der Waals surface area contributed by atoms with Gasteiger partial charge >= 0.3 is 0 Å². The standard InChI is InChI=1S/C14H19N3O2/c1-10(18)17-12-4-2-11(3-5-12)8-16-13(19)14(9-15)6-7-14/h2-5H,6-9,15H2,1H3,(H,16,19)(H,17,18). The van der Waals surface area contributed by atoms with Crippen LogP contribution < -0.4 is 16.4 Å². The average molecular weight is 261 g/mol. The van der Waals surface area contributed by atoms with Gasteiger partial charge in [0.25, 0.3) is 0 Å². The summed E-state index contributed by atoms with van der Waals surface area (Å²) in [5.74, 6) is -0.0550. The maximum Gasteiger partial charge on any atom is 0.227 e. The molecule has 102 valence electrons. The molecule has 0 heterocycles. The Bertz CT molecular complexity index is 478. The Kier molecular flexibility index (Phi) is 3.85. The van der Waals surface area contributed by atoms with Crippen molar-refractivity contribution in [2.24, 2.45) is 11.1 Å². The third kappa shape index (κ3) is 3.32. The van der Waals surface area contributed by atoms with E-state index >= 15 is 0 Å². The Balaban J connectivity index is 1.86. The summed E-state index contributed by atoms with van der Waals surface area (Å²) in [5.41, 5.74) is 7.04. The second-order valence-corrected chi connectivity index (χ2v) is 5.05. The fraction of sp³-hybridized carbons (Fsp3) is 0.429. The first-order valence-corrected chi connectivity index (χ1v) is 6.41. The van der Waals surface area contributed by atoms with Crippen molar-refractivity contribution in [1.29, 1.82) is 0 Å². The van der Waals surface area contributed by atoms with Crippen LogP contribution in [0.3, 0.4) is 0 Å². The second kappa shape index (κ2) is 5.40. The number of hydrogen-bond acceptors (Lipinski definition) is 3. The van der Waals surface area contributed by atoms with Crippen LogP contribution in [0.2, 0.25) is 0 Å². The highest BCUT2D eigenvalue weighted by Gasteiger charge is 2.48. The van der Waals surface area contributed by atoms with Crippen LogP contribution in [-0.4, -0.2) is 18.4 Å². The zero-order valence-electron chi connectivity index (χ0n) is 11.0. The maximum atomic E-state index is 11.9. The minimum absolute atomic E-state index is 0.0425. The SMILES string of the molecule is CC(=O)Nc1ccc(CNC(=O)C2(CN)CC2)cc1. The lowest BCUT2D eigenvalue weighted by atomic mass is 10.1. The predicted octanol–water partition coefficient (Wildman–Crippen LogP) is 1.00. The second-order valence-electron chi connectivity index (χ2n) is 5.05. The van der Waals surface area contributed by atoms with Crippen molar-refractivity contribution in [3.05, 3.63) is 29.8 Å². The molecule has 0 aliphatic heterocycles. The van der Waals surface area contributed by atoms with Crippen LogP contribution in [-0.2, 0) is 16.1 Å². The predicted molar refractivity (Wildman–Crippen MR) is 73.3 cm³/mol. The number of rotatable bonds is 5. The van der Waals surface area contributed by atoms with Crippen molar-refractivity contribution in [3.8, 4) is 0 Å². The summed E-state index contributed by atoms with van der Waals surface area (Å²) in [6.07, 6.45) is 1.77. The minimum atomic E-state index is -0.309. The van der Waals surface area contributed by atoms with Crippen LogP contribution in [0.4, 0.5) is 5.69 Å². The van der Waals surface area contributed by atoms with Crippen molar-refractivity contribution in [3.63, 3.8) is 0 Å². The lowest BCUT2D eigenvalue weighted by Gasteiger charge is -2.13. The normalized spacial score (nSPS) is 15.7. The van der Waals surface area contributed by atoms with Gasteiger partial charge in [-0.2, -0.15) is 0 Å². The number of nitrogens with two attached hydrogens (primary N) is 1. The van der Waals surface area contributed by atoms with Gasteiger partial charge in [-0.25, -0.2) is 0 Å². The highest BCUT2D eigenvalue weighted by atomic mass is 16.2. The van der Waals surface area contributed by atoms with Gasteiger partial charge in [0.15, 0.2) is 0 Å². The molecule has 19 heavy (non-hydrogen) atoms. The van der Waals surface area contributed by atoms with Gasteiger partial charge in [-0.05, 0) is 30.5 Å². The molecular formula is C14H19N3O2. The average Bonchev–Trinajstić information content (AvgIpc) is 3.18. The zero-order valence-corrected chi connectivity index (χ0v) is 11.0. The molecule has 0 unspecified atom stereocenters. The Hall–Kier alpha value is -1.88. The smallest absolute Gasteiger partial charge is 0.227 e. The molecule has 4 N–H and O–H groups in total. The van der Waals surface area contributed by atoms with Crippen LogP contribution in [0.1, 0.15) is 25.3 Å². The van der Waals surface area contributed by atoms with Crippen molar-refractivity contribution < 1.29 is 9.59 Å². The van der Waals surface area contributed by atoms with Crippen molar-refractivity contribution in [1.82, 2.24) is 5.32 Å². The number of nitrogens with one attached hydrogen (secondary N) is 2. The third-order valence-corrected chi connectivity index (χ3v) is 3.45. The summed E-state index contributed by atoms with van der Waals surface area (Å²) in [5, 5.41) is 5.60. The molecule has 0 saturated heterocycles. The van der Waals surface area contributed by atoms with Crippen LogP contribution in [0.25, 0.3) is 0 Å². The van der Waals surface area contributed by atoms with Gasteiger partial charge in [-0.1, -0.05) is 12.1 Å². The first kappa shape index (κ1) is 13.5. The van der Waals surface area contributed by atoms with Crippen LogP contribution >= 0.6 is 0 Å². The Morgan fingerprint density at radius 3 is 2.37 bits per heavy atom. The number of hydrogen-bond donors (Lipinski definition) is 3. The van der Waals surface area contributed by atoms with Crippen LogP contribution in [0.15, 0.2) is 24.3 Å². The molecule has 1 saturated carbocycles. The van der Waals surface area contributed by atoms with Gasteiger partial charge in [0.2, 0.25) is 11.8 Å². The topological polar surface area (TPSA) is 84.2 Å². The zero-order chi connectivity index (χ0) is 13.9. The van der Waals surface area contributed by atoms with Crippen LogP contribution in [0.5, 0.6) is 0 Å². The van der Waals surface area contributed by atoms with Crippen molar-refractivity contribution in [2.75, 3.05) is 11.9 Å². The number of benzene rings is 1. The van der Waals surface area contributed by atoms with Gasteiger partial charge in [0.1, 0.15) is 0 Å². The van der Waals surface area contributed by atoms with Crippen molar-refractivity contribution >= 4 is 17.5 Å². The molecule has 0 radical (unpaired) electrons. The summed E-state index contributed by atoms with van der Waals surface area (Å²) in [6.45, 7) is 2.37. The van der Waals surface area contributed by atoms with E-state index in [-0.39, 0.29) is 17.2 Å². The minimum Gasteiger partial charge on any atom is -0.352 e. The molecule has 1 fully saturated rings. The lowest BCUT2D eigenvalue weighted by molar-refractivity contribution is -0.126. The molecule has 2 rings (SSSR count). The third-order valence-electron chi connectivity index (χ3n) is 3.45. The van der Waals surface area contributed by atoms with Crippen LogP contribution in [0, 0.1) is 5.41 Å². The van der Waals surface area contributed by atoms with E-state index in [4.69, 9.17) is 5.73 Å². The summed E-state index contributed by atoms with van der Waals surface area (Å²) >= 11 is 0. The fourth-order valence-corrected chi connectivity index (χ4v) is 1.95. The van der Waals surface area contributed by atoms with E-state index in [2.05, 4.69) is 10.6 Å². The molecule has 1 aromatic carbocycles. The van der Waals surface area contributed by atoms with Gasteiger partial charge in [-0.3, -0.25) is 9.59 Å². The highest BCUT2D eigenvalue weighted by Crippen LogP contribution is 2.44. The molecule has 2 amide bonds. The summed E-state index contributed by atoms with van der Waals surface area (Å²) in [4.78, 5) is 22.8. The molecule has 1 aliphatic rings. The number of carbonyl (C=O) groups is 2. The van der Waals surface area contributed by atoms with E-state index < -0.39 is 0 Å². The molecule has 0 bridgehead atoms. The molecule has 1 aliphatic carbocycles. The van der Waals surface area contributed by atoms with E-state index in [1.165, 1.54) is 6.92 Å². The molecule has 0 atom stereocenters. The van der Waals surface area contributed by atoms with E-state index in [0.29, 0.717) is 13.1 Å². The molecule has 5 heteroatoms. The van der Waals surface area contributed by atoms with E-state index in [1.54, 1.807) is 0 Å². The van der Waals surface area contributed by atoms with Gasteiger partial charge in [-0.15, -0.1) is 0 Å². The summed E-state index contributed by atoms with van der Waals surface area (Å²) in [6, 6.07) is 7.40. The first-order valence-electron chi connectivity index (χ1n) is 6.41. The van der Waals surface area contributed by atoms with E-state index in [9.17, 15) is 9.59 Å². The fourth-order valence-electron chi connectivity index (χ4n) is 1.95. The molecule has 0 aromatic heterocycles. The van der Waals surface area contributed by atoms with Gasteiger partial charge in [0.05, 0.1) is 5.41 Å². The van der Waals surface area contributed by atoms with Gasteiger partial charge < -0.3 is 16.4 Å². The largest absolute Gasteiger partial charge is 0.352 e. The Labute approximate surface area is 112 Å². The Morgan fingerprint density at radius 1 is 1.26 bits per heavy atom. The summed E-state index contributed by atoms with van der Waals surface area (Å²) < 4.78 is 0. The van der Waals surface area contributed by atoms with Crippen molar-refractivity contribution in [2.45, 2.75) is 26.3 Å². The van der Waals surface area contributed by atoms with Gasteiger partial charge in [0, 0.05) is 25.7 Å². The molecule has 1 aromatic rings. The molecular weight excluding hydrogens is 242 g/mol. The Morgan fingerprint density at radius 2 is 1.89 bits per heavy atom. The number of carbonyl (C=O) groups excluding carboxylic acids is 2. The van der Waals surface area contributed by atoms with E-state index in [0.717, 1.165) is 24.1 Å². The lowest BCUT2D eigenvalue weighted by Crippen LogP contribution is -2.36. The number of amides is 2. The maximum absolute atomic E-state index is 11.9. The summed E-state index contributed by atoms with van der Waals surface area (Å²) in [7, 11) is 0. The highest BCUT2D eigenvalue weighted by molar-refractivity contribution is 5.88. The molecule has 5 nitrogen and oxygen atoms in total. The molecule has 0 spiro atoms.